The molecule has 13 heteroatoms. The highest BCUT2D eigenvalue weighted by atomic mass is 19.3. The summed E-state index contributed by atoms with van der Waals surface area (Å²) < 4.78 is 55.0. The fourth-order valence-corrected chi connectivity index (χ4v) is 6.08. The Morgan fingerprint density at radius 1 is 1.11 bits per heavy atom. The molecule has 2 aromatic carbocycles. The lowest BCUT2D eigenvalue weighted by Crippen LogP contribution is -2.42. The van der Waals surface area contributed by atoms with Crippen LogP contribution in [0.3, 0.4) is 0 Å². The summed E-state index contributed by atoms with van der Waals surface area (Å²) in [5.74, 6) is -5.31. The highest BCUT2D eigenvalue weighted by Crippen LogP contribution is 2.42. The van der Waals surface area contributed by atoms with Crippen LogP contribution in [0, 0.1) is 11.7 Å². The molecular formula is C32H37F3N4O6. The van der Waals surface area contributed by atoms with Crippen LogP contribution in [-0.4, -0.2) is 62.7 Å². The van der Waals surface area contributed by atoms with E-state index in [9.17, 15) is 28.3 Å². The number of alkyl carbamates (subject to hydrolysis) is 1. The first kappa shape index (κ1) is 32.1. The molecule has 45 heavy (non-hydrogen) atoms. The zero-order valence-electron chi connectivity index (χ0n) is 25.4. The third kappa shape index (κ3) is 7.02. The van der Waals surface area contributed by atoms with Crippen LogP contribution in [0.25, 0.3) is 11.0 Å². The van der Waals surface area contributed by atoms with Crippen molar-refractivity contribution in [3.63, 3.8) is 0 Å². The number of hydrogen-bond acceptors (Lipinski definition) is 6. The van der Waals surface area contributed by atoms with Crippen molar-refractivity contribution in [2.45, 2.75) is 82.5 Å². The van der Waals surface area contributed by atoms with Crippen LogP contribution in [0.15, 0.2) is 42.5 Å². The molecule has 0 bridgehead atoms. The largest absolute Gasteiger partial charge is 0.481 e. The number of amides is 2. The van der Waals surface area contributed by atoms with Crippen LogP contribution < -0.4 is 5.32 Å². The normalized spacial score (nSPS) is 21.0. The monoisotopic (exact) mass is 630 g/mol. The Morgan fingerprint density at radius 3 is 2.44 bits per heavy atom. The average molecular weight is 631 g/mol. The van der Waals surface area contributed by atoms with E-state index in [0.29, 0.717) is 0 Å². The van der Waals surface area contributed by atoms with Gasteiger partial charge in [-0.3, -0.25) is 4.79 Å². The predicted molar refractivity (Wildman–Crippen MR) is 157 cm³/mol. The highest BCUT2D eigenvalue weighted by molar-refractivity contribution is 5.87. The van der Waals surface area contributed by atoms with Crippen molar-refractivity contribution in [1.29, 1.82) is 0 Å². The number of ether oxygens (including phenoxy) is 2. The molecule has 1 saturated heterocycles. The summed E-state index contributed by atoms with van der Waals surface area (Å²) in [6.45, 7) is 4.81. The van der Waals surface area contributed by atoms with Crippen molar-refractivity contribution in [2.24, 2.45) is 5.92 Å². The number of carboxylic acids is 1. The summed E-state index contributed by atoms with van der Waals surface area (Å²) in [6.07, 6.45) is -2.10. The van der Waals surface area contributed by atoms with Gasteiger partial charge < -0.3 is 29.8 Å². The standard InChI is InChI=1S/C32H37F3N4O6/c1-30(2,3)45-29(43)39-16-15-31(18-39,27(40)41)21-9-10-22-25(23(21)33)37-26(36-22)24(20-11-13-32(34,35)14-12-20)38-28(42)44-17-19-7-5-4-6-8-19/h4-10,20,24H,11-18H2,1-3H3,(H,36,37)(H,38,42)(H,40,41)/t24-,31?/m0/s1. The van der Waals surface area contributed by atoms with Gasteiger partial charge in [0.05, 0.1) is 11.6 Å². The van der Waals surface area contributed by atoms with E-state index in [0.717, 1.165) is 5.56 Å². The number of carbonyl (C=O) groups excluding carboxylic acids is 2. The molecule has 5 rings (SSSR count). The molecule has 2 amide bonds. The number of rotatable bonds is 7. The molecule has 0 radical (unpaired) electrons. The van der Waals surface area contributed by atoms with E-state index in [1.165, 1.54) is 17.0 Å². The average Bonchev–Trinajstić information content (AvgIpc) is 3.62. The summed E-state index contributed by atoms with van der Waals surface area (Å²) >= 11 is 0. The van der Waals surface area contributed by atoms with Gasteiger partial charge in [-0.25, -0.2) is 27.7 Å². The predicted octanol–water partition coefficient (Wildman–Crippen LogP) is 6.46. The maximum Gasteiger partial charge on any atom is 0.410 e. The molecule has 1 saturated carbocycles. The lowest BCUT2D eigenvalue weighted by molar-refractivity contribution is -0.143. The first-order chi connectivity index (χ1) is 21.2. The Balaban J connectivity index is 1.43. The topological polar surface area (TPSA) is 134 Å². The van der Waals surface area contributed by atoms with Gasteiger partial charge in [-0.1, -0.05) is 36.4 Å². The summed E-state index contributed by atoms with van der Waals surface area (Å²) in [4.78, 5) is 46.9. The quantitative estimate of drug-likeness (QED) is 0.273. The number of aromatic amines is 1. The Hall–Kier alpha value is -4.29. The summed E-state index contributed by atoms with van der Waals surface area (Å²) in [7, 11) is 0. The third-order valence-corrected chi connectivity index (χ3v) is 8.47. The number of aromatic nitrogens is 2. The minimum Gasteiger partial charge on any atom is -0.481 e. The van der Waals surface area contributed by atoms with Gasteiger partial charge in [-0.05, 0) is 57.6 Å². The second-order valence-electron chi connectivity index (χ2n) is 12.9. The number of H-pyrrole nitrogens is 1. The number of fused-ring (bicyclic) bond motifs is 1. The number of alkyl halides is 2. The Morgan fingerprint density at radius 2 is 1.80 bits per heavy atom. The lowest BCUT2D eigenvalue weighted by atomic mass is 9.79. The number of benzene rings is 2. The van der Waals surface area contributed by atoms with Crippen molar-refractivity contribution in [2.75, 3.05) is 13.1 Å². The molecule has 3 N–H and O–H groups in total. The van der Waals surface area contributed by atoms with Crippen LogP contribution in [-0.2, 0) is 26.3 Å². The van der Waals surface area contributed by atoms with Crippen molar-refractivity contribution >= 4 is 29.2 Å². The zero-order chi connectivity index (χ0) is 32.6. The second kappa shape index (κ2) is 12.2. The fraction of sp³-hybridized carbons (Fsp3) is 0.500. The number of likely N-dealkylation sites (tertiary alicyclic amines) is 1. The smallest absolute Gasteiger partial charge is 0.410 e. The molecular weight excluding hydrogens is 593 g/mol. The number of nitrogens with one attached hydrogen (secondary N) is 2. The van der Waals surface area contributed by atoms with E-state index >= 15 is 4.39 Å². The Bertz CT molecular complexity index is 1560. The van der Waals surface area contributed by atoms with Crippen molar-refractivity contribution < 1.29 is 42.1 Å². The molecule has 1 unspecified atom stereocenters. The third-order valence-electron chi connectivity index (χ3n) is 8.47. The van der Waals surface area contributed by atoms with Gasteiger partial charge in [0.25, 0.3) is 0 Å². The van der Waals surface area contributed by atoms with Crippen LogP contribution in [0.2, 0.25) is 0 Å². The molecule has 2 atom stereocenters. The molecule has 2 fully saturated rings. The zero-order valence-corrected chi connectivity index (χ0v) is 25.4. The number of aliphatic carboxylic acids is 1. The number of carboxylic acid groups (broad SMARTS) is 1. The van der Waals surface area contributed by atoms with E-state index < -0.39 is 52.9 Å². The first-order valence-electron chi connectivity index (χ1n) is 14.9. The van der Waals surface area contributed by atoms with Gasteiger partial charge in [-0.2, -0.15) is 0 Å². The number of nitrogens with zero attached hydrogens (tertiary/aromatic N) is 2. The maximum absolute atomic E-state index is 16.2. The van der Waals surface area contributed by atoms with Gasteiger partial charge in [0.1, 0.15) is 29.0 Å². The second-order valence-corrected chi connectivity index (χ2v) is 12.9. The number of carbonyl (C=O) groups is 3. The highest BCUT2D eigenvalue weighted by Gasteiger charge is 2.50. The lowest BCUT2D eigenvalue weighted by Gasteiger charge is -2.33. The van der Waals surface area contributed by atoms with E-state index in [-0.39, 0.29) is 74.2 Å². The molecule has 0 spiro atoms. The SMILES string of the molecule is CC(C)(C)OC(=O)N1CCC(C(=O)O)(c2ccc3[nH]c([C@@H](NC(=O)OCc4ccccc4)C4CCC(F)(F)CC4)nc3c2F)C1. The molecule has 1 aliphatic heterocycles. The summed E-state index contributed by atoms with van der Waals surface area (Å²) in [6, 6.07) is 10.9. The van der Waals surface area contributed by atoms with Crippen molar-refractivity contribution in [1.82, 2.24) is 20.2 Å². The van der Waals surface area contributed by atoms with Crippen LogP contribution in [0.4, 0.5) is 22.8 Å². The minimum atomic E-state index is -2.82. The summed E-state index contributed by atoms with van der Waals surface area (Å²) in [5, 5.41) is 13.0. The maximum atomic E-state index is 16.2. The Kier molecular flexibility index (Phi) is 8.74. The van der Waals surface area contributed by atoms with Crippen LogP contribution in [0.5, 0.6) is 0 Å². The Labute approximate surface area is 258 Å². The fourth-order valence-electron chi connectivity index (χ4n) is 6.08. The van der Waals surface area contributed by atoms with Gasteiger partial charge >= 0.3 is 18.2 Å². The van der Waals surface area contributed by atoms with E-state index in [2.05, 4.69) is 15.3 Å². The molecule has 10 nitrogen and oxygen atoms in total. The summed E-state index contributed by atoms with van der Waals surface area (Å²) in [5.41, 5.74) is -1.86. The van der Waals surface area contributed by atoms with Crippen LogP contribution >= 0.6 is 0 Å². The van der Waals surface area contributed by atoms with E-state index in [1.807, 2.05) is 6.07 Å². The first-order valence-corrected chi connectivity index (χ1v) is 14.9. The van der Waals surface area contributed by atoms with Gasteiger partial charge in [-0.15, -0.1) is 0 Å². The number of imidazole rings is 1. The molecule has 1 aromatic heterocycles. The molecule has 242 valence electrons. The minimum absolute atomic E-state index is 0.0160. The number of halogens is 3. The van der Waals surface area contributed by atoms with Crippen LogP contribution in [0.1, 0.15) is 75.9 Å². The van der Waals surface area contributed by atoms with Crippen molar-refractivity contribution in [3.05, 3.63) is 65.2 Å². The molecule has 2 aliphatic rings. The number of hydrogen-bond donors (Lipinski definition) is 3. The van der Waals surface area contributed by atoms with Gasteiger partial charge in [0.15, 0.2) is 5.82 Å². The van der Waals surface area contributed by atoms with E-state index in [4.69, 9.17) is 9.47 Å². The van der Waals surface area contributed by atoms with Gasteiger partial charge in [0, 0.05) is 31.5 Å². The molecule has 1 aliphatic carbocycles. The van der Waals surface area contributed by atoms with Crippen molar-refractivity contribution in [3.8, 4) is 0 Å². The van der Waals surface area contributed by atoms with Gasteiger partial charge in [0.2, 0.25) is 5.92 Å². The molecule has 3 aromatic rings. The van der Waals surface area contributed by atoms with E-state index in [1.54, 1.807) is 45.0 Å². The molecule has 2 heterocycles.